The van der Waals surface area contributed by atoms with Crippen molar-refractivity contribution in [2.45, 2.75) is 45.1 Å². The predicted molar refractivity (Wildman–Crippen MR) is 99.2 cm³/mol. The topological polar surface area (TPSA) is 55.3 Å². The Hall–Kier alpha value is -2.27. The molecule has 1 aliphatic carbocycles. The second-order valence-electron chi connectivity index (χ2n) is 7.27. The molecule has 1 atom stereocenters. The third kappa shape index (κ3) is 3.78. The minimum absolute atomic E-state index is 0.0670. The molecule has 5 nitrogen and oxygen atoms in total. The molecule has 5 heteroatoms. The quantitative estimate of drug-likeness (QED) is 0.850. The Labute approximate surface area is 154 Å². The van der Waals surface area contributed by atoms with Crippen LogP contribution in [0.1, 0.15) is 45.7 Å². The Morgan fingerprint density at radius 1 is 1.23 bits per heavy atom. The summed E-state index contributed by atoms with van der Waals surface area (Å²) in [6.45, 7) is 3.89. The van der Waals surface area contributed by atoms with Crippen molar-refractivity contribution in [3.05, 3.63) is 58.7 Å². The van der Waals surface area contributed by atoms with Crippen LogP contribution in [0.25, 0.3) is 0 Å². The van der Waals surface area contributed by atoms with Crippen LogP contribution in [0.15, 0.2) is 30.6 Å². The van der Waals surface area contributed by atoms with Crippen LogP contribution in [0.2, 0.25) is 0 Å². The lowest BCUT2D eigenvalue weighted by Gasteiger charge is -2.33. The number of hydrogen-bond acceptors (Lipinski definition) is 4. The number of morpholine rings is 1. The average Bonchev–Trinajstić information content (AvgIpc) is 3.14. The van der Waals surface area contributed by atoms with E-state index in [1.165, 1.54) is 17.5 Å². The highest BCUT2D eigenvalue weighted by Crippen LogP contribution is 2.24. The van der Waals surface area contributed by atoms with Crippen molar-refractivity contribution >= 4 is 5.91 Å². The van der Waals surface area contributed by atoms with Crippen molar-refractivity contribution in [1.29, 1.82) is 0 Å². The molecule has 0 saturated carbocycles. The summed E-state index contributed by atoms with van der Waals surface area (Å²) in [6, 6.07) is 8.22. The number of amides is 1. The number of aryl methyl sites for hydroxylation is 4. The van der Waals surface area contributed by atoms with Gasteiger partial charge in [0.1, 0.15) is 6.33 Å². The van der Waals surface area contributed by atoms with E-state index in [0.29, 0.717) is 19.7 Å². The van der Waals surface area contributed by atoms with Gasteiger partial charge < -0.3 is 9.64 Å². The zero-order valence-corrected chi connectivity index (χ0v) is 15.3. The van der Waals surface area contributed by atoms with E-state index in [-0.39, 0.29) is 12.0 Å². The summed E-state index contributed by atoms with van der Waals surface area (Å²) in [7, 11) is 0. The molecule has 2 heterocycles. The van der Waals surface area contributed by atoms with Crippen molar-refractivity contribution in [2.24, 2.45) is 0 Å². The summed E-state index contributed by atoms with van der Waals surface area (Å²) in [5, 5.41) is 0. The number of hydrogen-bond donors (Lipinski definition) is 0. The van der Waals surface area contributed by atoms with Crippen molar-refractivity contribution < 1.29 is 9.53 Å². The molecule has 0 radical (unpaired) electrons. The Bertz CT molecular complexity index is 806. The molecular weight excluding hydrogens is 326 g/mol. The van der Waals surface area contributed by atoms with Gasteiger partial charge in [0.25, 0.3) is 5.91 Å². The molecule has 26 heavy (non-hydrogen) atoms. The van der Waals surface area contributed by atoms with Gasteiger partial charge in [0.2, 0.25) is 0 Å². The van der Waals surface area contributed by atoms with E-state index in [1.54, 1.807) is 6.33 Å². The van der Waals surface area contributed by atoms with E-state index in [9.17, 15) is 4.79 Å². The predicted octanol–water partition coefficient (Wildman–Crippen LogP) is 2.75. The minimum atomic E-state index is 0.0670. The lowest BCUT2D eigenvalue weighted by Crippen LogP contribution is -2.45. The smallest absolute Gasteiger partial charge is 0.254 e. The van der Waals surface area contributed by atoms with Gasteiger partial charge in [0.05, 0.1) is 12.7 Å². The molecular formula is C21H25N3O2. The maximum absolute atomic E-state index is 12.9. The SMILES string of the molecule is Cc1cc(CC[C@@H]2CN(C(=O)c3ccc4c(c3)CCC4)CCO2)ncn1. The molecule has 1 aromatic carbocycles. The summed E-state index contributed by atoms with van der Waals surface area (Å²) in [4.78, 5) is 23.3. The largest absolute Gasteiger partial charge is 0.375 e. The number of benzene rings is 1. The van der Waals surface area contributed by atoms with Gasteiger partial charge in [-0.1, -0.05) is 6.07 Å². The number of carbonyl (C=O) groups is 1. The van der Waals surface area contributed by atoms with Crippen LogP contribution in [0.4, 0.5) is 0 Å². The molecule has 0 unspecified atom stereocenters. The molecule has 2 aromatic rings. The Morgan fingerprint density at radius 3 is 3.00 bits per heavy atom. The van der Waals surface area contributed by atoms with Gasteiger partial charge in [-0.25, -0.2) is 9.97 Å². The highest BCUT2D eigenvalue weighted by molar-refractivity contribution is 5.94. The van der Waals surface area contributed by atoms with Gasteiger partial charge >= 0.3 is 0 Å². The normalized spacial score (nSPS) is 19.4. The summed E-state index contributed by atoms with van der Waals surface area (Å²) in [6.07, 6.45) is 6.83. The number of carbonyl (C=O) groups excluding carboxylic acids is 1. The summed E-state index contributed by atoms with van der Waals surface area (Å²) in [5.74, 6) is 0.130. The van der Waals surface area contributed by atoms with Crippen molar-refractivity contribution in [3.63, 3.8) is 0 Å². The highest BCUT2D eigenvalue weighted by Gasteiger charge is 2.25. The molecule has 1 amide bonds. The first-order valence-electron chi connectivity index (χ1n) is 9.49. The molecule has 0 spiro atoms. The van der Waals surface area contributed by atoms with Crippen molar-refractivity contribution in [1.82, 2.24) is 14.9 Å². The van der Waals surface area contributed by atoms with Gasteiger partial charge in [-0.15, -0.1) is 0 Å². The first-order valence-corrected chi connectivity index (χ1v) is 9.49. The second-order valence-corrected chi connectivity index (χ2v) is 7.27. The lowest BCUT2D eigenvalue weighted by atomic mass is 10.0. The fourth-order valence-electron chi connectivity index (χ4n) is 3.92. The third-order valence-corrected chi connectivity index (χ3v) is 5.35. The monoisotopic (exact) mass is 351 g/mol. The fraction of sp³-hybridized carbons (Fsp3) is 0.476. The van der Waals surface area contributed by atoms with Gasteiger partial charge in [0.15, 0.2) is 0 Å². The van der Waals surface area contributed by atoms with E-state index in [2.05, 4.69) is 22.1 Å². The summed E-state index contributed by atoms with van der Waals surface area (Å²) < 4.78 is 5.88. The maximum Gasteiger partial charge on any atom is 0.254 e. The molecule has 1 fully saturated rings. The molecule has 0 bridgehead atoms. The fourth-order valence-corrected chi connectivity index (χ4v) is 3.92. The molecule has 4 rings (SSSR count). The molecule has 136 valence electrons. The zero-order valence-electron chi connectivity index (χ0n) is 15.3. The molecule has 1 aliphatic heterocycles. The summed E-state index contributed by atoms with van der Waals surface area (Å²) >= 11 is 0. The Kier molecular flexibility index (Phi) is 4.98. The van der Waals surface area contributed by atoms with Crippen molar-refractivity contribution in [2.75, 3.05) is 19.7 Å². The number of nitrogens with zero attached hydrogens (tertiary/aromatic N) is 3. The number of ether oxygens (including phenoxy) is 1. The number of rotatable bonds is 4. The highest BCUT2D eigenvalue weighted by atomic mass is 16.5. The molecule has 2 aliphatic rings. The zero-order chi connectivity index (χ0) is 17.9. The molecule has 0 N–H and O–H groups in total. The first-order chi connectivity index (χ1) is 12.7. The summed E-state index contributed by atoms with van der Waals surface area (Å²) in [5.41, 5.74) is 5.58. The maximum atomic E-state index is 12.9. The van der Waals surface area contributed by atoms with E-state index >= 15 is 0 Å². The first kappa shape index (κ1) is 17.2. The van der Waals surface area contributed by atoms with Crippen LogP contribution < -0.4 is 0 Å². The van der Waals surface area contributed by atoms with Crippen LogP contribution in [-0.2, 0) is 24.0 Å². The van der Waals surface area contributed by atoms with Gasteiger partial charge in [-0.3, -0.25) is 4.79 Å². The van der Waals surface area contributed by atoms with E-state index < -0.39 is 0 Å². The van der Waals surface area contributed by atoms with E-state index in [1.807, 2.05) is 24.0 Å². The third-order valence-electron chi connectivity index (χ3n) is 5.35. The Balaban J connectivity index is 1.37. The van der Waals surface area contributed by atoms with Crippen LogP contribution >= 0.6 is 0 Å². The van der Waals surface area contributed by atoms with Crippen LogP contribution in [-0.4, -0.2) is 46.6 Å². The number of aromatic nitrogens is 2. The van der Waals surface area contributed by atoms with Crippen LogP contribution in [0, 0.1) is 6.92 Å². The van der Waals surface area contributed by atoms with Crippen LogP contribution in [0.5, 0.6) is 0 Å². The molecule has 1 aromatic heterocycles. The van der Waals surface area contributed by atoms with E-state index in [4.69, 9.17) is 4.74 Å². The standard InChI is InChI=1S/C21H25N3O2/c1-15-11-19(23-14-22-15)7-8-20-13-24(9-10-26-20)21(25)18-6-5-16-3-2-4-17(16)12-18/h5-6,11-12,14,20H,2-4,7-10,13H2,1H3/t20-/m1/s1. The van der Waals surface area contributed by atoms with E-state index in [0.717, 1.165) is 42.6 Å². The van der Waals surface area contributed by atoms with Gasteiger partial charge in [-0.05, 0) is 68.4 Å². The Morgan fingerprint density at radius 2 is 2.12 bits per heavy atom. The van der Waals surface area contributed by atoms with Crippen LogP contribution in [0.3, 0.4) is 0 Å². The number of fused-ring (bicyclic) bond motifs is 1. The average molecular weight is 351 g/mol. The lowest BCUT2D eigenvalue weighted by molar-refractivity contribution is -0.0247. The second kappa shape index (κ2) is 7.54. The van der Waals surface area contributed by atoms with Gasteiger partial charge in [0, 0.05) is 30.0 Å². The van der Waals surface area contributed by atoms with Gasteiger partial charge in [-0.2, -0.15) is 0 Å². The molecule has 1 saturated heterocycles. The van der Waals surface area contributed by atoms with Crippen molar-refractivity contribution in [3.8, 4) is 0 Å². The minimum Gasteiger partial charge on any atom is -0.375 e.